The molecule has 0 N–H and O–H groups in total. The monoisotopic (exact) mass is 297 g/mol. The molecule has 7 heteroatoms. The lowest BCUT2D eigenvalue weighted by Crippen LogP contribution is -2.26. The van der Waals surface area contributed by atoms with Crippen LogP contribution in [0.4, 0.5) is 0 Å². The number of aromatic nitrogens is 1. The highest BCUT2D eigenvalue weighted by Crippen LogP contribution is 2.08. The van der Waals surface area contributed by atoms with E-state index in [0.717, 1.165) is 0 Å². The Labute approximate surface area is 115 Å². The minimum atomic E-state index is -3.07. The molecule has 1 aromatic heterocycles. The van der Waals surface area contributed by atoms with Gasteiger partial charge in [-0.3, -0.25) is 4.57 Å². The molecule has 0 spiro atoms. The molecule has 0 saturated carbocycles. The lowest BCUT2D eigenvalue weighted by molar-refractivity contribution is 0.415. The van der Waals surface area contributed by atoms with Crippen molar-refractivity contribution in [2.45, 2.75) is 19.9 Å². The average molecular weight is 297 g/mol. The summed E-state index contributed by atoms with van der Waals surface area (Å²) >= 11 is 0. The lowest BCUT2D eigenvalue weighted by atomic mass is 10.2. The molecule has 1 heterocycles. The number of sulfone groups is 1. The minimum absolute atomic E-state index is 0.00337. The highest BCUT2D eigenvalue weighted by atomic mass is 32.2. The molecule has 0 bridgehead atoms. The Balaban J connectivity index is 2.36. The Morgan fingerprint density at radius 2 is 1.90 bits per heavy atom. The zero-order chi connectivity index (χ0) is 14.8. The molecule has 108 valence electrons. The highest BCUT2D eigenvalue weighted by molar-refractivity contribution is 7.91. The van der Waals surface area contributed by atoms with E-state index >= 15 is 0 Å². The first-order valence-electron chi connectivity index (χ1n) is 6.28. The second-order valence-corrected chi connectivity index (χ2v) is 6.89. The predicted molar refractivity (Wildman–Crippen MR) is 75.7 cm³/mol. The van der Waals surface area contributed by atoms with E-state index in [2.05, 4.69) is 4.42 Å². The minimum Gasteiger partial charge on any atom is -0.372 e. The summed E-state index contributed by atoms with van der Waals surface area (Å²) in [6.45, 7) is 1.78. The average Bonchev–Trinajstić information content (AvgIpc) is 2.42. The van der Waals surface area contributed by atoms with Crippen molar-refractivity contribution in [3.8, 4) is 0 Å². The molecule has 0 atom stereocenters. The standard InChI is InChI=1S/C13H15NO5S/c1-2-20(17,18)9-5-8-14-11-7-4-3-6-10(11)12(15)19-13(14)16/h3-4,6-7H,2,5,8-9H2,1H3. The SMILES string of the molecule is CCS(=O)(=O)CCCn1c(=O)oc(=O)c2ccccc21. The van der Waals surface area contributed by atoms with Crippen LogP contribution in [0.2, 0.25) is 0 Å². The van der Waals surface area contributed by atoms with Crippen molar-refractivity contribution >= 4 is 20.7 Å². The van der Waals surface area contributed by atoms with Crippen molar-refractivity contribution in [3.63, 3.8) is 0 Å². The molecule has 6 nitrogen and oxygen atoms in total. The number of nitrogens with zero attached hydrogens (tertiary/aromatic N) is 1. The van der Waals surface area contributed by atoms with Crippen LogP contribution in [0.3, 0.4) is 0 Å². The van der Waals surface area contributed by atoms with Crippen molar-refractivity contribution in [3.05, 3.63) is 45.2 Å². The molecule has 2 aromatic rings. The molecule has 0 saturated heterocycles. The first-order chi connectivity index (χ1) is 9.44. The van der Waals surface area contributed by atoms with Gasteiger partial charge in [-0.15, -0.1) is 0 Å². The Morgan fingerprint density at radius 3 is 2.60 bits per heavy atom. The number of fused-ring (bicyclic) bond motifs is 1. The summed E-state index contributed by atoms with van der Waals surface area (Å²) in [6.07, 6.45) is 0.299. The number of benzene rings is 1. The van der Waals surface area contributed by atoms with Gasteiger partial charge in [0.05, 0.1) is 16.7 Å². The third-order valence-electron chi connectivity index (χ3n) is 3.09. The molecule has 0 aliphatic heterocycles. The first-order valence-corrected chi connectivity index (χ1v) is 8.10. The Morgan fingerprint density at radius 1 is 1.20 bits per heavy atom. The molecule has 0 amide bonds. The molecular formula is C13H15NO5S. The number of hydrogen-bond donors (Lipinski definition) is 0. The van der Waals surface area contributed by atoms with Crippen LogP contribution in [0.15, 0.2) is 38.3 Å². The molecule has 0 aliphatic rings. The maximum absolute atomic E-state index is 11.7. The van der Waals surface area contributed by atoms with Crippen LogP contribution in [0, 0.1) is 0 Å². The van der Waals surface area contributed by atoms with Gasteiger partial charge in [0, 0.05) is 12.3 Å². The molecular weight excluding hydrogens is 282 g/mol. The summed E-state index contributed by atoms with van der Waals surface area (Å²) in [7, 11) is -3.07. The van der Waals surface area contributed by atoms with Gasteiger partial charge in [-0.25, -0.2) is 18.0 Å². The molecule has 0 aliphatic carbocycles. The van der Waals surface area contributed by atoms with Crippen LogP contribution < -0.4 is 11.4 Å². The Bertz CT molecular complexity index is 832. The zero-order valence-corrected chi connectivity index (χ0v) is 11.9. The van der Waals surface area contributed by atoms with Crippen LogP contribution in [-0.4, -0.2) is 24.5 Å². The second kappa shape index (κ2) is 5.62. The van der Waals surface area contributed by atoms with Gasteiger partial charge in [0.1, 0.15) is 9.84 Å². The van der Waals surface area contributed by atoms with Gasteiger partial charge in [-0.1, -0.05) is 19.1 Å². The number of hydrogen-bond acceptors (Lipinski definition) is 5. The fraction of sp³-hybridized carbons (Fsp3) is 0.385. The number of rotatable bonds is 5. The normalized spacial score (nSPS) is 11.8. The smallest absolute Gasteiger partial charge is 0.372 e. The van der Waals surface area contributed by atoms with E-state index in [4.69, 9.17) is 0 Å². The predicted octanol–water partition coefficient (Wildman–Crippen LogP) is 0.779. The topological polar surface area (TPSA) is 86.3 Å². The molecule has 2 rings (SSSR count). The van der Waals surface area contributed by atoms with Crippen LogP contribution >= 0.6 is 0 Å². The molecule has 1 aromatic carbocycles. The van der Waals surface area contributed by atoms with E-state index < -0.39 is 21.2 Å². The van der Waals surface area contributed by atoms with E-state index in [1.807, 2.05) is 0 Å². The fourth-order valence-electron chi connectivity index (χ4n) is 1.97. The summed E-state index contributed by atoms with van der Waals surface area (Å²) in [5, 5.41) is 0.311. The van der Waals surface area contributed by atoms with Gasteiger partial charge in [0.25, 0.3) is 0 Å². The third kappa shape index (κ3) is 2.98. The van der Waals surface area contributed by atoms with E-state index in [-0.39, 0.29) is 18.1 Å². The quantitative estimate of drug-likeness (QED) is 0.814. The van der Waals surface area contributed by atoms with Gasteiger partial charge in [-0.05, 0) is 18.6 Å². The van der Waals surface area contributed by atoms with Crippen molar-refractivity contribution < 1.29 is 12.8 Å². The Hall–Kier alpha value is -1.89. The van der Waals surface area contributed by atoms with Crippen molar-refractivity contribution in [2.75, 3.05) is 11.5 Å². The molecule has 0 unspecified atom stereocenters. The van der Waals surface area contributed by atoms with Gasteiger partial charge < -0.3 is 4.42 Å². The summed E-state index contributed by atoms with van der Waals surface area (Å²) in [4.78, 5) is 23.3. The lowest BCUT2D eigenvalue weighted by Gasteiger charge is -2.08. The van der Waals surface area contributed by atoms with Gasteiger partial charge >= 0.3 is 11.4 Å². The maximum atomic E-state index is 11.7. The van der Waals surface area contributed by atoms with Gasteiger partial charge in [0.2, 0.25) is 0 Å². The van der Waals surface area contributed by atoms with E-state index in [0.29, 0.717) is 17.3 Å². The zero-order valence-electron chi connectivity index (χ0n) is 11.0. The van der Waals surface area contributed by atoms with E-state index in [1.165, 1.54) is 4.57 Å². The van der Waals surface area contributed by atoms with Crippen molar-refractivity contribution in [2.24, 2.45) is 0 Å². The van der Waals surface area contributed by atoms with Crippen LogP contribution in [0.5, 0.6) is 0 Å². The summed E-state index contributed by atoms with van der Waals surface area (Å²) in [5.41, 5.74) is -0.217. The van der Waals surface area contributed by atoms with E-state index in [1.54, 1.807) is 31.2 Å². The van der Waals surface area contributed by atoms with Crippen LogP contribution in [0.1, 0.15) is 13.3 Å². The largest absolute Gasteiger partial charge is 0.422 e. The molecule has 0 radical (unpaired) electrons. The summed E-state index contributed by atoms with van der Waals surface area (Å²) in [5.74, 6) is -0.682. The number of para-hydroxylation sites is 1. The van der Waals surface area contributed by atoms with Crippen LogP contribution in [-0.2, 0) is 16.4 Å². The maximum Gasteiger partial charge on any atom is 0.422 e. The third-order valence-corrected chi connectivity index (χ3v) is 4.88. The van der Waals surface area contributed by atoms with Gasteiger partial charge in [0.15, 0.2) is 0 Å². The van der Waals surface area contributed by atoms with E-state index in [9.17, 15) is 18.0 Å². The first kappa shape index (κ1) is 14.5. The molecule has 0 fully saturated rings. The molecule has 20 heavy (non-hydrogen) atoms. The highest BCUT2D eigenvalue weighted by Gasteiger charge is 2.11. The summed E-state index contributed by atoms with van der Waals surface area (Å²) < 4.78 is 28.8. The van der Waals surface area contributed by atoms with Gasteiger partial charge in [-0.2, -0.15) is 0 Å². The van der Waals surface area contributed by atoms with Crippen LogP contribution in [0.25, 0.3) is 10.9 Å². The van der Waals surface area contributed by atoms with Crippen molar-refractivity contribution in [1.29, 1.82) is 0 Å². The fourth-order valence-corrected chi connectivity index (χ4v) is 2.83. The Kier molecular flexibility index (Phi) is 4.08. The number of aryl methyl sites for hydroxylation is 1. The summed E-state index contributed by atoms with van der Waals surface area (Å²) in [6, 6.07) is 6.60. The van der Waals surface area contributed by atoms with Crippen molar-refractivity contribution in [1.82, 2.24) is 4.57 Å². The second-order valence-electron chi connectivity index (χ2n) is 4.41.